The summed E-state index contributed by atoms with van der Waals surface area (Å²) in [5.41, 5.74) is 0.788. The van der Waals surface area contributed by atoms with Crippen LogP contribution in [-0.2, 0) is 0 Å². The van der Waals surface area contributed by atoms with E-state index in [1.54, 1.807) is 0 Å². The average Bonchev–Trinajstić information content (AvgIpc) is 2.95. The average molecular weight is 278 g/mol. The minimum Gasteiger partial charge on any atom is -0.314 e. The number of piperidine rings is 1. The highest BCUT2D eigenvalue weighted by molar-refractivity contribution is 4.92. The van der Waals surface area contributed by atoms with Crippen LogP contribution in [0.25, 0.3) is 0 Å². The summed E-state index contributed by atoms with van der Waals surface area (Å²) in [6.45, 7) is 6.28. The Morgan fingerprint density at radius 3 is 2.20 bits per heavy atom. The number of rotatable bonds is 4. The van der Waals surface area contributed by atoms with Crippen LogP contribution in [-0.4, -0.2) is 36.6 Å². The van der Waals surface area contributed by atoms with E-state index in [2.05, 4.69) is 17.1 Å². The molecule has 0 amide bonds. The summed E-state index contributed by atoms with van der Waals surface area (Å²) in [5, 5.41) is 3.72. The van der Waals surface area contributed by atoms with E-state index < -0.39 is 0 Å². The van der Waals surface area contributed by atoms with Gasteiger partial charge in [0, 0.05) is 12.1 Å². The molecule has 1 saturated heterocycles. The van der Waals surface area contributed by atoms with Crippen LogP contribution in [0.5, 0.6) is 0 Å². The molecule has 0 aromatic rings. The maximum Gasteiger partial charge on any atom is 0.00964 e. The normalized spacial score (nSPS) is 34.6. The molecule has 0 aromatic heterocycles. The zero-order valence-corrected chi connectivity index (χ0v) is 13.5. The van der Waals surface area contributed by atoms with Gasteiger partial charge in [-0.1, -0.05) is 19.8 Å². The molecule has 0 aromatic carbocycles. The van der Waals surface area contributed by atoms with Crippen molar-refractivity contribution < 1.29 is 0 Å². The third-order valence-corrected chi connectivity index (χ3v) is 6.42. The zero-order valence-electron chi connectivity index (χ0n) is 13.5. The highest BCUT2D eigenvalue weighted by Crippen LogP contribution is 2.46. The van der Waals surface area contributed by atoms with Gasteiger partial charge >= 0.3 is 0 Å². The largest absolute Gasteiger partial charge is 0.314 e. The molecule has 1 spiro atoms. The fourth-order valence-electron chi connectivity index (χ4n) is 4.98. The number of hydrogen-bond acceptors (Lipinski definition) is 2. The van der Waals surface area contributed by atoms with Gasteiger partial charge in [-0.15, -0.1) is 0 Å². The van der Waals surface area contributed by atoms with Crippen molar-refractivity contribution in [3.05, 3.63) is 0 Å². The zero-order chi connectivity index (χ0) is 13.8. The maximum atomic E-state index is 3.72. The number of hydrogen-bond donors (Lipinski definition) is 1. The van der Waals surface area contributed by atoms with E-state index in [1.165, 1.54) is 90.3 Å². The second-order valence-corrected chi connectivity index (χ2v) is 7.70. The van der Waals surface area contributed by atoms with Crippen LogP contribution in [0.2, 0.25) is 0 Å². The standard InChI is InChI=1S/C18H34N2/c1-2-13-19-16-5-7-17(8-6-16)20-14-11-18(12-15-20)9-3-4-10-18/h16-17,19H,2-15H2,1H3. The Balaban J connectivity index is 1.41. The van der Waals surface area contributed by atoms with Crippen LogP contribution < -0.4 is 5.32 Å². The van der Waals surface area contributed by atoms with Crippen LogP contribution in [0.3, 0.4) is 0 Å². The Labute approximate surface area is 125 Å². The van der Waals surface area contributed by atoms with Crippen molar-refractivity contribution in [1.82, 2.24) is 10.2 Å². The summed E-state index contributed by atoms with van der Waals surface area (Å²) in [6.07, 6.45) is 16.1. The Kier molecular flexibility index (Phi) is 5.04. The molecule has 2 heteroatoms. The molecule has 2 saturated carbocycles. The van der Waals surface area contributed by atoms with E-state index in [9.17, 15) is 0 Å². The molecule has 0 bridgehead atoms. The van der Waals surface area contributed by atoms with Gasteiger partial charge in [-0.25, -0.2) is 0 Å². The molecule has 1 N–H and O–H groups in total. The smallest absolute Gasteiger partial charge is 0.00964 e. The molecule has 3 rings (SSSR count). The Hall–Kier alpha value is -0.0800. The van der Waals surface area contributed by atoms with Crippen molar-refractivity contribution in [2.24, 2.45) is 5.41 Å². The molecule has 1 aliphatic heterocycles. The lowest BCUT2D eigenvalue weighted by Crippen LogP contribution is -2.47. The predicted molar refractivity (Wildman–Crippen MR) is 86.0 cm³/mol. The first-order chi connectivity index (χ1) is 9.81. The molecular formula is C18H34N2. The van der Waals surface area contributed by atoms with Crippen molar-refractivity contribution in [1.29, 1.82) is 0 Å². The molecule has 116 valence electrons. The van der Waals surface area contributed by atoms with Gasteiger partial charge in [-0.05, 0) is 82.8 Å². The number of nitrogens with zero attached hydrogens (tertiary/aromatic N) is 1. The highest BCUT2D eigenvalue weighted by atomic mass is 15.2. The van der Waals surface area contributed by atoms with Gasteiger partial charge in [0.15, 0.2) is 0 Å². The summed E-state index contributed by atoms with van der Waals surface area (Å²) in [4.78, 5) is 2.85. The van der Waals surface area contributed by atoms with E-state index in [1.807, 2.05) is 0 Å². The number of likely N-dealkylation sites (tertiary alicyclic amines) is 1. The van der Waals surface area contributed by atoms with Crippen LogP contribution in [0.4, 0.5) is 0 Å². The summed E-state index contributed by atoms with van der Waals surface area (Å²) < 4.78 is 0. The fraction of sp³-hybridized carbons (Fsp3) is 1.00. The minimum absolute atomic E-state index is 0.788. The van der Waals surface area contributed by atoms with Gasteiger partial charge in [-0.2, -0.15) is 0 Å². The summed E-state index contributed by atoms with van der Waals surface area (Å²) >= 11 is 0. The second kappa shape index (κ2) is 6.79. The molecule has 0 atom stereocenters. The van der Waals surface area contributed by atoms with Crippen LogP contribution in [0, 0.1) is 5.41 Å². The van der Waals surface area contributed by atoms with Crippen LogP contribution in [0.15, 0.2) is 0 Å². The summed E-state index contributed by atoms with van der Waals surface area (Å²) in [5.74, 6) is 0. The van der Waals surface area contributed by atoms with Gasteiger partial charge in [0.05, 0.1) is 0 Å². The number of nitrogens with one attached hydrogen (secondary N) is 1. The van der Waals surface area contributed by atoms with E-state index in [0.29, 0.717) is 0 Å². The van der Waals surface area contributed by atoms with Gasteiger partial charge in [0.25, 0.3) is 0 Å². The SMILES string of the molecule is CCCNC1CCC(N2CCC3(CCCC3)CC2)CC1. The Morgan fingerprint density at radius 2 is 1.60 bits per heavy atom. The molecule has 2 nitrogen and oxygen atoms in total. The van der Waals surface area contributed by atoms with Crippen molar-refractivity contribution in [2.75, 3.05) is 19.6 Å². The first kappa shape index (κ1) is 14.8. The third kappa shape index (κ3) is 3.39. The molecular weight excluding hydrogens is 244 g/mol. The summed E-state index contributed by atoms with van der Waals surface area (Å²) in [6, 6.07) is 1.73. The molecule has 3 aliphatic rings. The van der Waals surface area contributed by atoms with Gasteiger partial charge < -0.3 is 10.2 Å². The lowest BCUT2D eigenvalue weighted by atomic mass is 9.76. The topological polar surface area (TPSA) is 15.3 Å². The maximum absolute atomic E-state index is 3.72. The van der Waals surface area contributed by atoms with Crippen LogP contribution >= 0.6 is 0 Å². The lowest BCUT2D eigenvalue weighted by molar-refractivity contribution is 0.0574. The summed E-state index contributed by atoms with van der Waals surface area (Å²) in [7, 11) is 0. The fourth-order valence-corrected chi connectivity index (χ4v) is 4.98. The molecule has 0 unspecified atom stereocenters. The van der Waals surface area contributed by atoms with Crippen molar-refractivity contribution in [3.8, 4) is 0 Å². The van der Waals surface area contributed by atoms with E-state index >= 15 is 0 Å². The van der Waals surface area contributed by atoms with E-state index in [0.717, 1.165) is 17.5 Å². The quantitative estimate of drug-likeness (QED) is 0.837. The predicted octanol–water partition coefficient (Wildman–Crippen LogP) is 3.95. The highest BCUT2D eigenvalue weighted by Gasteiger charge is 2.38. The third-order valence-electron chi connectivity index (χ3n) is 6.42. The van der Waals surface area contributed by atoms with Crippen molar-refractivity contribution in [2.45, 2.75) is 89.6 Å². The van der Waals surface area contributed by atoms with Crippen LogP contribution in [0.1, 0.15) is 77.6 Å². The Morgan fingerprint density at radius 1 is 0.950 bits per heavy atom. The van der Waals surface area contributed by atoms with Gasteiger partial charge in [0.2, 0.25) is 0 Å². The monoisotopic (exact) mass is 278 g/mol. The van der Waals surface area contributed by atoms with E-state index in [-0.39, 0.29) is 0 Å². The van der Waals surface area contributed by atoms with Gasteiger partial charge in [-0.3, -0.25) is 0 Å². The first-order valence-electron chi connectivity index (χ1n) is 9.29. The second-order valence-electron chi connectivity index (χ2n) is 7.70. The molecule has 20 heavy (non-hydrogen) atoms. The van der Waals surface area contributed by atoms with Crippen molar-refractivity contribution >= 4 is 0 Å². The molecule has 2 aliphatic carbocycles. The van der Waals surface area contributed by atoms with Crippen molar-refractivity contribution in [3.63, 3.8) is 0 Å². The molecule has 1 heterocycles. The van der Waals surface area contributed by atoms with Gasteiger partial charge in [0.1, 0.15) is 0 Å². The van der Waals surface area contributed by atoms with E-state index in [4.69, 9.17) is 0 Å². The first-order valence-corrected chi connectivity index (χ1v) is 9.29. The minimum atomic E-state index is 0.788. The Bertz CT molecular complexity index is 278. The molecule has 3 fully saturated rings. The lowest BCUT2D eigenvalue weighted by Gasteiger charge is -2.44. The molecule has 0 radical (unpaired) electrons.